The quantitative estimate of drug-likeness (QED) is 0.806. The van der Waals surface area contributed by atoms with Gasteiger partial charge < -0.3 is 0 Å². The molecule has 0 unspecified atom stereocenters. The van der Waals surface area contributed by atoms with Crippen molar-refractivity contribution in [2.45, 2.75) is 25.3 Å². The highest BCUT2D eigenvalue weighted by Crippen LogP contribution is 2.23. The van der Waals surface area contributed by atoms with Crippen LogP contribution in [0.4, 0.5) is 13.2 Å². The van der Waals surface area contributed by atoms with Gasteiger partial charge in [-0.25, -0.2) is 12.7 Å². The second-order valence-corrected chi connectivity index (χ2v) is 7.07. The smallest absolute Gasteiger partial charge is 0.256 e. The Morgan fingerprint density at radius 2 is 1.87 bits per heavy atom. The molecular weight excluding hydrogens is 329 g/mol. The Labute approximate surface area is 133 Å². The van der Waals surface area contributed by atoms with E-state index < -0.39 is 29.2 Å². The van der Waals surface area contributed by atoms with E-state index in [0.29, 0.717) is 11.1 Å². The first-order chi connectivity index (χ1) is 10.7. The van der Waals surface area contributed by atoms with E-state index in [0.717, 1.165) is 9.69 Å². The van der Waals surface area contributed by atoms with Gasteiger partial charge in [0, 0.05) is 24.7 Å². The lowest BCUT2D eigenvalue weighted by Gasteiger charge is -2.21. The van der Waals surface area contributed by atoms with Crippen LogP contribution in [0.2, 0.25) is 0 Å². The molecule has 2 aromatic rings. The minimum absolute atomic E-state index is 0.00337. The molecule has 8 heteroatoms. The third-order valence-corrected chi connectivity index (χ3v) is 5.35. The van der Waals surface area contributed by atoms with Gasteiger partial charge in [0.1, 0.15) is 0 Å². The number of sulfonamides is 1. The zero-order valence-electron chi connectivity index (χ0n) is 12.5. The Balaban J connectivity index is 2.25. The van der Waals surface area contributed by atoms with Gasteiger partial charge >= 0.3 is 6.18 Å². The molecular formula is C15H17F3N2O2S. The number of pyridine rings is 1. The molecule has 0 fully saturated rings. The van der Waals surface area contributed by atoms with Crippen LogP contribution in [0, 0.1) is 0 Å². The first-order valence-corrected chi connectivity index (χ1v) is 8.71. The highest BCUT2D eigenvalue weighted by atomic mass is 32.2. The average molecular weight is 346 g/mol. The van der Waals surface area contributed by atoms with Crippen LogP contribution in [0.15, 0.2) is 36.5 Å². The molecule has 0 aliphatic carbocycles. The maximum Gasteiger partial charge on any atom is 0.390 e. The molecule has 4 nitrogen and oxygen atoms in total. The molecule has 1 aromatic heterocycles. The predicted molar refractivity (Wildman–Crippen MR) is 82.3 cm³/mol. The zero-order valence-corrected chi connectivity index (χ0v) is 13.4. The van der Waals surface area contributed by atoms with Crippen molar-refractivity contribution in [3.63, 3.8) is 0 Å². The Morgan fingerprint density at radius 3 is 2.52 bits per heavy atom. The summed E-state index contributed by atoms with van der Waals surface area (Å²) in [6, 6.07) is 8.69. The van der Waals surface area contributed by atoms with Crippen molar-refractivity contribution in [3.05, 3.63) is 42.1 Å². The van der Waals surface area contributed by atoms with Crippen LogP contribution in [0.5, 0.6) is 0 Å². The summed E-state index contributed by atoms with van der Waals surface area (Å²) in [5.74, 6) is -0.368. The first-order valence-electron chi connectivity index (χ1n) is 7.10. The van der Waals surface area contributed by atoms with Crippen molar-refractivity contribution in [1.29, 1.82) is 0 Å². The van der Waals surface area contributed by atoms with Crippen LogP contribution >= 0.6 is 0 Å². The van der Waals surface area contributed by atoms with Crippen molar-refractivity contribution in [2.75, 3.05) is 13.1 Å². The molecule has 0 spiro atoms. The summed E-state index contributed by atoms with van der Waals surface area (Å²) >= 11 is 0. The summed E-state index contributed by atoms with van der Waals surface area (Å²) in [5, 5.41) is 0.790. The highest BCUT2D eigenvalue weighted by molar-refractivity contribution is 7.88. The second-order valence-electron chi connectivity index (χ2n) is 5.11. The Morgan fingerprint density at radius 1 is 1.17 bits per heavy atom. The Hall–Kier alpha value is -1.67. The van der Waals surface area contributed by atoms with Crippen LogP contribution in [-0.2, 0) is 15.8 Å². The van der Waals surface area contributed by atoms with Crippen molar-refractivity contribution in [2.24, 2.45) is 0 Å². The number of nitrogens with zero attached hydrogens (tertiary/aromatic N) is 2. The average Bonchev–Trinajstić information content (AvgIpc) is 2.46. The largest absolute Gasteiger partial charge is 0.390 e. The van der Waals surface area contributed by atoms with E-state index in [1.54, 1.807) is 36.5 Å². The molecule has 0 aliphatic rings. The van der Waals surface area contributed by atoms with Gasteiger partial charge in [-0.3, -0.25) is 4.98 Å². The normalized spacial score (nSPS) is 12.9. The molecule has 1 aromatic carbocycles. The maximum absolute atomic E-state index is 12.4. The van der Waals surface area contributed by atoms with Gasteiger partial charge in [0.15, 0.2) is 0 Å². The highest BCUT2D eigenvalue weighted by Gasteiger charge is 2.31. The lowest BCUT2D eigenvalue weighted by atomic mass is 10.1. The third kappa shape index (κ3) is 4.65. The lowest BCUT2D eigenvalue weighted by Crippen LogP contribution is -2.35. The molecule has 23 heavy (non-hydrogen) atoms. The number of hydrogen-bond acceptors (Lipinski definition) is 3. The molecule has 0 amide bonds. The molecule has 0 saturated carbocycles. The SMILES string of the molecule is CCN(CCC(F)(F)F)S(=O)(=O)Cc1cccc2cccnc12. The molecule has 1 heterocycles. The minimum Gasteiger partial charge on any atom is -0.256 e. The predicted octanol–water partition coefficient (Wildman–Crippen LogP) is 3.34. The van der Waals surface area contributed by atoms with Crippen molar-refractivity contribution in [1.82, 2.24) is 9.29 Å². The minimum atomic E-state index is -4.38. The van der Waals surface area contributed by atoms with Crippen LogP contribution < -0.4 is 0 Å². The number of alkyl halides is 3. The zero-order chi connectivity index (χ0) is 17.1. The molecule has 126 valence electrons. The van der Waals surface area contributed by atoms with Crippen LogP contribution in [0.25, 0.3) is 10.9 Å². The number of benzene rings is 1. The van der Waals surface area contributed by atoms with Gasteiger partial charge in [0.25, 0.3) is 0 Å². The van der Waals surface area contributed by atoms with Crippen molar-refractivity contribution >= 4 is 20.9 Å². The fourth-order valence-corrected chi connectivity index (χ4v) is 3.89. The van der Waals surface area contributed by atoms with Crippen LogP contribution in [0.1, 0.15) is 18.9 Å². The summed E-state index contributed by atoms with van der Waals surface area (Å²) in [6.07, 6.45) is -3.99. The van der Waals surface area contributed by atoms with E-state index in [4.69, 9.17) is 0 Å². The molecule has 0 bridgehead atoms. The van der Waals surface area contributed by atoms with Gasteiger partial charge in [-0.1, -0.05) is 31.2 Å². The van der Waals surface area contributed by atoms with E-state index in [1.165, 1.54) is 6.92 Å². The topological polar surface area (TPSA) is 50.3 Å². The lowest BCUT2D eigenvalue weighted by molar-refractivity contribution is -0.135. The molecule has 2 rings (SSSR count). The summed E-state index contributed by atoms with van der Waals surface area (Å²) in [7, 11) is -3.85. The van der Waals surface area contributed by atoms with E-state index in [2.05, 4.69) is 4.98 Å². The summed E-state index contributed by atoms with van der Waals surface area (Å²) in [5.41, 5.74) is 1.03. The van der Waals surface area contributed by atoms with Gasteiger partial charge in [-0.2, -0.15) is 13.2 Å². The molecule has 0 saturated heterocycles. The first kappa shape index (κ1) is 17.7. The Kier molecular flexibility index (Phi) is 5.26. The number of fused-ring (bicyclic) bond motifs is 1. The number of halogens is 3. The van der Waals surface area contributed by atoms with E-state index in [9.17, 15) is 21.6 Å². The monoisotopic (exact) mass is 346 g/mol. The number of rotatable bonds is 6. The summed E-state index contributed by atoms with van der Waals surface area (Å²) in [4.78, 5) is 4.17. The third-order valence-electron chi connectivity index (χ3n) is 3.44. The van der Waals surface area contributed by atoms with Crippen molar-refractivity contribution in [3.8, 4) is 0 Å². The number of para-hydroxylation sites is 1. The molecule has 0 radical (unpaired) electrons. The molecule has 0 atom stereocenters. The fraction of sp³-hybridized carbons (Fsp3) is 0.400. The van der Waals surface area contributed by atoms with Gasteiger partial charge in [-0.15, -0.1) is 0 Å². The fourth-order valence-electron chi connectivity index (χ4n) is 2.32. The molecule has 0 aliphatic heterocycles. The second kappa shape index (κ2) is 6.84. The van der Waals surface area contributed by atoms with Crippen molar-refractivity contribution < 1.29 is 21.6 Å². The van der Waals surface area contributed by atoms with E-state index in [-0.39, 0.29) is 12.3 Å². The van der Waals surface area contributed by atoms with E-state index >= 15 is 0 Å². The van der Waals surface area contributed by atoms with Gasteiger partial charge in [0.05, 0.1) is 17.7 Å². The number of aromatic nitrogens is 1. The van der Waals surface area contributed by atoms with Crippen LogP contribution in [-0.4, -0.2) is 37.0 Å². The van der Waals surface area contributed by atoms with Crippen LogP contribution in [0.3, 0.4) is 0 Å². The standard InChI is InChI=1S/C15H17F3N2O2S/c1-2-20(10-8-15(16,17)18)23(21,22)11-13-6-3-5-12-7-4-9-19-14(12)13/h3-7,9H,2,8,10-11H2,1H3. The van der Waals surface area contributed by atoms with Gasteiger partial charge in [0.2, 0.25) is 10.0 Å². The van der Waals surface area contributed by atoms with Gasteiger partial charge in [-0.05, 0) is 11.6 Å². The van der Waals surface area contributed by atoms with E-state index in [1.807, 2.05) is 0 Å². The Bertz CT molecular complexity index is 770. The maximum atomic E-state index is 12.4. The summed E-state index contributed by atoms with van der Waals surface area (Å²) < 4.78 is 62.7. The molecule has 0 N–H and O–H groups in total. The number of hydrogen-bond donors (Lipinski definition) is 0. The summed E-state index contributed by atoms with van der Waals surface area (Å²) in [6.45, 7) is 0.951.